The molecule has 4 rings (SSSR count). The van der Waals surface area contributed by atoms with Gasteiger partial charge in [0.1, 0.15) is 0 Å². The number of aryl methyl sites for hydroxylation is 1. The Hall–Kier alpha value is -2.37. The standard InChI is InChI=1S/C20H20N2O2S/c1-13-7-9-16(10-8-13)25(23,24)22-12-15-11-18(21-3)14(2)17-5-4-6-19(22)20(15)17/h4-10,12,18,21H,2,11H2,1,3H3. The molecular weight excluding hydrogens is 332 g/mol. The minimum atomic E-state index is -3.64. The van der Waals surface area contributed by atoms with Gasteiger partial charge in [-0.1, -0.05) is 36.4 Å². The molecule has 1 aliphatic rings. The quantitative estimate of drug-likeness (QED) is 0.786. The molecule has 1 heterocycles. The Kier molecular flexibility index (Phi) is 3.60. The Labute approximate surface area is 147 Å². The summed E-state index contributed by atoms with van der Waals surface area (Å²) >= 11 is 0. The molecule has 3 aromatic rings. The summed E-state index contributed by atoms with van der Waals surface area (Å²) in [5.74, 6) is 0. The van der Waals surface area contributed by atoms with Crippen molar-refractivity contribution < 1.29 is 8.42 Å². The van der Waals surface area contributed by atoms with Crippen molar-refractivity contribution in [2.24, 2.45) is 0 Å². The second-order valence-corrected chi connectivity index (χ2v) is 8.35. The van der Waals surface area contributed by atoms with E-state index in [4.69, 9.17) is 0 Å². The van der Waals surface area contributed by atoms with E-state index in [9.17, 15) is 8.42 Å². The van der Waals surface area contributed by atoms with Crippen molar-refractivity contribution in [2.75, 3.05) is 7.05 Å². The first-order valence-electron chi connectivity index (χ1n) is 8.25. The predicted octanol–water partition coefficient (Wildman–Crippen LogP) is 3.34. The number of nitrogens with one attached hydrogen (secondary N) is 1. The van der Waals surface area contributed by atoms with Gasteiger partial charge in [0.05, 0.1) is 10.4 Å². The predicted molar refractivity (Wildman–Crippen MR) is 101 cm³/mol. The third kappa shape index (κ3) is 2.34. The van der Waals surface area contributed by atoms with E-state index in [1.165, 1.54) is 3.97 Å². The van der Waals surface area contributed by atoms with Crippen LogP contribution in [0.25, 0.3) is 16.5 Å². The van der Waals surface area contributed by atoms with Crippen LogP contribution in [-0.2, 0) is 16.4 Å². The molecule has 0 fully saturated rings. The zero-order valence-electron chi connectivity index (χ0n) is 14.3. The van der Waals surface area contributed by atoms with Gasteiger partial charge in [-0.15, -0.1) is 0 Å². The second-order valence-electron chi connectivity index (χ2n) is 6.54. The van der Waals surface area contributed by atoms with Gasteiger partial charge < -0.3 is 5.32 Å². The van der Waals surface area contributed by atoms with Crippen LogP contribution in [0, 0.1) is 6.92 Å². The van der Waals surface area contributed by atoms with Crippen molar-refractivity contribution in [1.29, 1.82) is 0 Å². The van der Waals surface area contributed by atoms with Gasteiger partial charge >= 0.3 is 0 Å². The van der Waals surface area contributed by atoms with Gasteiger partial charge in [-0.25, -0.2) is 12.4 Å². The maximum absolute atomic E-state index is 13.2. The van der Waals surface area contributed by atoms with Crippen LogP contribution in [0.2, 0.25) is 0 Å². The molecular formula is C20H20N2O2S. The molecule has 0 radical (unpaired) electrons. The SMILES string of the molecule is C=C1c2cccc3c2c(cn3S(=O)(=O)c2ccc(C)cc2)CC1NC. The minimum Gasteiger partial charge on any atom is -0.313 e. The number of nitrogens with zero attached hydrogens (tertiary/aromatic N) is 1. The van der Waals surface area contributed by atoms with Crippen molar-refractivity contribution in [1.82, 2.24) is 9.29 Å². The van der Waals surface area contributed by atoms with Gasteiger partial charge in [-0.2, -0.15) is 0 Å². The Balaban J connectivity index is 1.97. The van der Waals surface area contributed by atoms with Crippen molar-refractivity contribution in [2.45, 2.75) is 24.3 Å². The van der Waals surface area contributed by atoms with Gasteiger partial charge in [-0.05, 0) is 55.3 Å². The Bertz CT molecular complexity index is 1090. The number of benzene rings is 2. The molecule has 0 saturated heterocycles. The number of hydrogen-bond donors (Lipinski definition) is 1. The molecule has 4 nitrogen and oxygen atoms in total. The number of rotatable bonds is 3. The molecule has 1 aromatic heterocycles. The highest BCUT2D eigenvalue weighted by Gasteiger charge is 2.28. The minimum absolute atomic E-state index is 0.121. The molecule has 0 aliphatic heterocycles. The summed E-state index contributed by atoms with van der Waals surface area (Å²) in [6.45, 7) is 6.15. The van der Waals surface area contributed by atoms with Crippen molar-refractivity contribution in [3.8, 4) is 0 Å². The summed E-state index contributed by atoms with van der Waals surface area (Å²) in [7, 11) is -1.73. The molecule has 1 aliphatic carbocycles. The van der Waals surface area contributed by atoms with Crippen LogP contribution in [0.15, 0.2) is 60.1 Å². The van der Waals surface area contributed by atoms with Crippen molar-refractivity contribution in [3.63, 3.8) is 0 Å². The largest absolute Gasteiger partial charge is 0.313 e. The molecule has 2 aromatic carbocycles. The van der Waals surface area contributed by atoms with Crippen LogP contribution in [0.3, 0.4) is 0 Å². The van der Waals surface area contributed by atoms with Gasteiger partial charge in [0, 0.05) is 17.6 Å². The fourth-order valence-electron chi connectivity index (χ4n) is 3.59. The van der Waals surface area contributed by atoms with Crippen LogP contribution in [0.5, 0.6) is 0 Å². The topological polar surface area (TPSA) is 51.1 Å². The molecule has 0 saturated carbocycles. The van der Waals surface area contributed by atoms with Gasteiger partial charge in [0.2, 0.25) is 0 Å². The molecule has 0 spiro atoms. The van der Waals surface area contributed by atoms with E-state index in [1.807, 2.05) is 44.3 Å². The van der Waals surface area contributed by atoms with E-state index in [1.54, 1.807) is 18.3 Å². The maximum atomic E-state index is 13.2. The fraction of sp³-hybridized carbons (Fsp3) is 0.200. The summed E-state index contributed by atoms with van der Waals surface area (Å²) in [4.78, 5) is 0.301. The summed E-state index contributed by atoms with van der Waals surface area (Å²) < 4.78 is 27.8. The van der Waals surface area contributed by atoms with E-state index >= 15 is 0 Å². The molecule has 0 amide bonds. The zero-order chi connectivity index (χ0) is 17.8. The Morgan fingerprint density at radius 3 is 2.56 bits per heavy atom. The zero-order valence-corrected chi connectivity index (χ0v) is 15.1. The Morgan fingerprint density at radius 2 is 1.88 bits per heavy atom. The lowest BCUT2D eigenvalue weighted by Gasteiger charge is -2.24. The van der Waals surface area contributed by atoms with Gasteiger partial charge in [-0.3, -0.25) is 0 Å². The average Bonchev–Trinajstić information content (AvgIpc) is 2.99. The van der Waals surface area contributed by atoms with E-state index < -0.39 is 10.0 Å². The highest BCUT2D eigenvalue weighted by Crippen LogP contribution is 2.37. The van der Waals surface area contributed by atoms with Crippen molar-refractivity contribution in [3.05, 3.63) is 71.9 Å². The van der Waals surface area contributed by atoms with Gasteiger partial charge in [0.15, 0.2) is 0 Å². The van der Waals surface area contributed by atoms with E-state index in [0.29, 0.717) is 10.4 Å². The average molecular weight is 352 g/mol. The van der Waals surface area contributed by atoms with Crippen LogP contribution in [-0.4, -0.2) is 25.5 Å². The van der Waals surface area contributed by atoms with Crippen molar-refractivity contribution >= 4 is 26.5 Å². The van der Waals surface area contributed by atoms with Crippen LogP contribution in [0.4, 0.5) is 0 Å². The van der Waals surface area contributed by atoms with Crippen LogP contribution < -0.4 is 5.32 Å². The fourth-order valence-corrected chi connectivity index (χ4v) is 4.97. The lowest BCUT2D eigenvalue weighted by atomic mass is 9.86. The maximum Gasteiger partial charge on any atom is 0.268 e. The molecule has 1 unspecified atom stereocenters. The highest BCUT2D eigenvalue weighted by molar-refractivity contribution is 7.90. The first-order valence-corrected chi connectivity index (χ1v) is 9.69. The third-order valence-corrected chi connectivity index (χ3v) is 6.68. The lowest BCUT2D eigenvalue weighted by molar-refractivity contribution is 0.589. The first kappa shape index (κ1) is 16.1. The number of hydrogen-bond acceptors (Lipinski definition) is 3. The molecule has 5 heteroatoms. The summed E-state index contributed by atoms with van der Waals surface area (Å²) in [5, 5.41) is 4.26. The summed E-state index contributed by atoms with van der Waals surface area (Å²) in [6, 6.07) is 12.9. The van der Waals surface area contributed by atoms with E-state index in [-0.39, 0.29) is 6.04 Å². The Morgan fingerprint density at radius 1 is 1.16 bits per heavy atom. The molecule has 1 N–H and O–H groups in total. The summed E-state index contributed by atoms with van der Waals surface area (Å²) in [6.07, 6.45) is 2.50. The molecule has 25 heavy (non-hydrogen) atoms. The smallest absolute Gasteiger partial charge is 0.268 e. The van der Waals surface area contributed by atoms with E-state index in [2.05, 4.69) is 11.9 Å². The monoisotopic (exact) mass is 352 g/mol. The van der Waals surface area contributed by atoms with Gasteiger partial charge in [0.25, 0.3) is 10.0 Å². The third-order valence-electron chi connectivity index (χ3n) is 4.99. The molecule has 1 atom stereocenters. The normalized spacial score (nSPS) is 17.2. The molecule has 0 bridgehead atoms. The van der Waals surface area contributed by atoms with E-state index in [0.717, 1.165) is 34.1 Å². The second kappa shape index (κ2) is 5.58. The lowest BCUT2D eigenvalue weighted by Crippen LogP contribution is -2.30. The highest BCUT2D eigenvalue weighted by atomic mass is 32.2. The van der Waals surface area contributed by atoms with Crippen LogP contribution in [0.1, 0.15) is 16.7 Å². The van der Waals surface area contributed by atoms with Crippen LogP contribution >= 0.6 is 0 Å². The first-order chi connectivity index (χ1) is 11.9. The number of likely N-dealkylation sites (N-methyl/N-ethyl adjacent to an activating group) is 1. The summed E-state index contributed by atoms with van der Waals surface area (Å²) in [5.41, 5.74) is 4.81. The number of aromatic nitrogens is 1. The molecule has 128 valence electrons.